The molecule has 4 rings (SSSR count). The van der Waals surface area contributed by atoms with E-state index >= 15 is 0 Å². The van der Waals surface area contributed by atoms with Crippen molar-refractivity contribution in [3.05, 3.63) is 46.5 Å². The Morgan fingerprint density at radius 1 is 1.04 bits per heavy atom. The van der Waals surface area contributed by atoms with Gasteiger partial charge < -0.3 is 25.2 Å². The Kier molecular flexibility index (Phi) is 3.40. The summed E-state index contributed by atoms with van der Waals surface area (Å²) in [4.78, 5) is 12.9. The normalized spacial score (nSPS) is 23.8. The van der Waals surface area contributed by atoms with Crippen LogP contribution in [0.5, 0.6) is 23.0 Å². The summed E-state index contributed by atoms with van der Waals surface area (Å²) in [5, 5.41) is 39.8. The number of ketones is 1. The molecule has 0 fully saturated rings. The van der Waals surface area contributed by atoms with Crippen LogP contribution in [-0.4, -0.2) is 39.9 Å². The first kappa shape index (κ1) is 15.8. The Hall–Kier alpha value is -2.73. The van der Waals surface area contributed by atoms with E-state index in [2.05, 4.69) is 0 Å². The van der Waals surface area contributed by atoms with Gasteiger partial charge in [0.2, 0.25) is 0 Å². The van der Waals surface area contributed by atoms with Crippen LogP contribution in [0.15, 0.2) is 24.3 Å². The minimum absolute atomic E-state index is 0.0159. The standard InChI is InChI=1S/C19H18O6/c1-25-17-3-8-2-11-13(7-20)18(9(8)4-16(17)23)10-5-14(21)15(22)6-12(10)19(11)24/h3-6,11,13,18,20-23H,2,7H2,1H3. The molecule has 3 unspecified atom stereocenters. The third-order valence-corrected chi connectivity index (χ3v) is 5.46. The number of aromatic hydroxyl groups is 3. The molecule has 2 aliphatic carbocycles. The lowest BCUT2D eigenvalue weighted by Crippen LogP contribution is -2.42. The molecule has 2 aromatic rings. The molecule has 6 nitrogen and oxygen atoms in total. The monoisotopic (exact) mass is 342 g/mol. The maximum atomic E-state index is 12.9. The van der Waals surface area contributed by atoms with Crippen LogP contribution in [0.1, 0.15) is 33.0 Å². The minimum Gasteiger partial charge on any atom is -0.504 e. The predicted molar refractivity (Wildman–Crippen MR) is 88.4 cm³/mol. The Balaban J connectivity index is 2.00. The number of ether oxygens (including phenoxy) is 1. The fourth-order valence-electron chi connectivity index (χ4n) is 4.29. The summed E-state index contributed by atoms with van der Waals surface area (Å²) in [6, 6.07) is 5.98. The molecule has 0 saturated carbocycles. The Bertz CT molecular complexity index is 888. The van der Waals surface area contributed by atoms with Crippen molar-refractivity contribution in [1.82, 2.24) is 0 Å². The lowest BCUT2D eigenvalue weighted by molar-refractivity contribution is 0.0739. The van der Waals surface area contributed by atoms with Crippen LogP contribution in [0.4, 0.5) is 0 Å². The smallest absolute Gasteiger partial charge is 0.167 e. The number of phenolic OH excluding ortho intramolecular Hbond substituents is 3. The number of phenols is 3. The molecular formula is C19H18O6. The van der Waals surface area contributed by atoms with E-state index in [0.29, 0.717) is 23.3 Å². The quantitative estimate of drug-likeness (QED) is 0.621. The molecule has 25 heavy (non-hydrogen) atoms. The van der Waals surface area contributed by atoms with Gasteiger partial charge in [-0.1, -0.05) is 0 Å². The maximum absolute atomic E-state index is 12.9. The lowest BCUT2D eigenvalue weighted by Gasteiger charge is -2.43. The summed E-state index contributed by atoms with van der Waals surface area (Å²) in [5.74, 6) is -1.61. The zero-order chi connectivity index (χ0) is 17.9. The highest BCUT2D eigenvalue weighted by atomic mass is 16.5. The number of hydrogen-bond donors (Lipinski definition) is 4. The van der Waals surface area contributed by atoms with Crippen LogP contribution in [0, 0.1) is 11.8 Å². The Labute approximate surface area is 143 Å². The number of Topliss-reactive ketones (excluding diaryl/α,β-unsaturated/α-hetero) is 1. The second-order valence-electron chi connectivity index (χ2n) is 6.65. The number of hydrogen-bond acceptors (Lipinski definition) is 6. The van der Waals surface area contributed by atoms with Crippen molar-refractivity contribution < 1.29 is 30.0 Å². The molecule has 4 N–H and O–H groups in total. The molecule has 0 amide bonds. The number of aliphatic hydroxyl groups excluding tert-OH is 1. The number of rotatable bonds is 2. The van der Waals surface area contributed by atoms with Crippen LogP contribution >= 0.6 is 0 Å². The van der Waals surface area contributed by atoms with Crippen molar-refractivity contribution in [2.24, 2.45) is 11.8 Å². The first-order valence-corrected chi connectivity index (χ1v) is 8.07. The minimum atomic E-state index is -0.423. The van der Waals surface area contributed by atoms with Crippen molar-refractivity contribution in [1.29, 1.82) is 0 Å². The second kappa shape index (κ2) is 5.39. The molecule has 0 radical (unpaired) electrons. The average Bonchev–Trinajstić information content (AvgIpc) is 2.60. The van der Waals surface area contributed by atoms with Gasteiger partial charge in [0.15, 0.2) is 28.8 Å². The van der Waals surface area contributed by atoms with Crippen molar-refractivity contribution in [3.8, 4) is 23.0 Å². The molecule has 2 aromatic carbocycles. The van der Waals surface area contributed by atoms with Crippen molar-refractivity contribution in [3.63, 3.8) is 0 Å². The maximum Gasteiger partial charge on any atom is 0.167 e. The van der Waals surface area contributed by atoms with E-state index in [1.807, 2.05) is 0 Å². The first-order valence-electron chi connectivity index (χ1n) is 8.07. The van der Waals surface area contributed by atoms with Gasteiger partial charge in [0, 0.05) is 29.9 Å². The summed E-state index contributed by atoms with van der Waals surface area (Å²) in [6.45, 7) is -0.186. The van der Waals surface area contributed by atoms with Crippen molar-refractivity contribution in [2.75, 3.05) is 13.7 Å². The molecule has 0 spiro atoms. The zero-order valence-corrected chi connectivity index (χ0v) is 13.6. The van der Waals surface area contributed by atoms with Crippen LogP contribution in [-0.2, 0) is 6.42 Å². The van der Waals surface area contributed by atoms with Gasteiger partial charge in [-0.25, -0.2) is 0 Å². The Morgan fingerprint density at radius 2 is 1.72 bits per heavy atom. The van der Waals surface area contributed by atoms with Crippen molar-refractivity contribution in [2.45, 2.75) is 12.3 Å². The SMILES string of the molecule is COc1cc2c(cc1O)C1c3cc(O)c(O)cc3C(=O)C(C2)C1CO. The average molecular weight is 342 g/mol. The predicted octanol–water partition coefficient (Wildman–Crippen LogP) is 1.92. The van der Waals surface area contributed by atoms with Gasteiger partial charge in [-0.2, -0.15) is 0 Å². The molecule has 130 valence electrons. The van der Waals surface area contributed by atoms with Gasteiger partial charge in [0.25, 0.3) is 0 Å². The van der Waals surface area contributed by atoms with Crippen LogP contribution in [0.2, 0.25) is 0 Å². The second-order valence-corrected chi connectivity index (χ2v) is 6.65. The van der Waals surface area contributed by atoms with E-state index in [1.165, 1.54) is 19.2 Å². The molecule has 0 aliphatic heterocycles. The number of aliphatic hydroxyl groups is 1. The van der Waals surface area contributed by atoms with Gasteiger partial charge in [-0.05, 0) is 47.4 Å². The number of carbonyl (C=O) groups is 1. The molecule has 2 bridgehead atoms. The first-order chi connectivity index (χ1) is 12.0. The van der Waals surface area contributed by atoms with E-state index in [-0.39, 0.29) is 41.5 Å². The van der Waals surface area contributed by atoms with Crippen LogP contribution in [0.25, 0.3) is 0 Å². The highest BCUT2D eigenvalue weighted by Gasteiger charge is 2.47. The van der Waals surface area contributed by atoms with E-state index in [0.717, 1.165) is 11.1 Å². The summed E-state index contributed by atoms with van der Waals surface area (Å²) in [6.07, 6.45) is 0.424. The fraction of sp³-hybridized carbons (Fsp3) is 0.316. The van der Waals surface area contributed by atoms with Gasteiger partial charge >= 0.3 is 0 Å². The number of carbonyl (C=O) groups excluding carboxylic acids is 1. The topological polar surface area (TPSA) is 107 Å². The summed E-state index contributed by atoms with van der Waals surface area (Å²) in [5.41, 5.74) is 2.59. The summed E-state index contributed by atoms with van der Waals surface area (Å²) >= 11 is 0. The molecular weight excluding hydrogens is 324 g/mol. The zero-order valence-electron chi connectivity index (χ0n) is 13.6. The molecule has 3 atom stereocenters. The van der Waals surface area contributed by atoms with E-state index in [4.69, 9.17) is 4.74 Å². The lowest BCUT2D eigenvalue weighted by atomic mass is 9.60. The molecule has 0 aromatic heterocycles. The summed E-state index contributed by atoms with van der Waals surface area (Å²) < 4.78 is 5.16. The van der Waals surface area contributed by atoms with Gasteiger partial charge in [0.05, 0.1) is 7.11 Å². The van der Waals surface area contributed by atoms with E-state index < -0.39 is 5.92 Å². The third kappa shape index (κ3) is 2.10. The fourth-order valence-corrected chi connectivity index (χ4v) is 4.29. The number of benzene rings is 2. The molecule has 0 saturated heterocycles. The molecule has 2 aliphatic rings. The molecule has 0 heterocycles. The third-order valence-electron chi connectivity index (χ3n) is 5.46. The number of methoxy groups -OCH3 is 1. The van der Waals surface area contributed by atoms with E-state index in [9.17, 15) is 25.2 Å². The van der Waals surface area contributed by atoms with Gasteiger partial charge in [0.1, 0.15) is 0 Å². The van der Waals surface area contributed by atoms with Gasteiger partial charge in [-0.3, -0.25) is 4.79 Å². The van der Waals surface area contributed by atoms with Crippen molar-refractivity contribution >= 4 is 5.78 Å². The van der Waals surface area contributed by atoms with Gasteiger partial charge in [-0.15, -0.1) is 0 Å². The molecule has 6 heteroatoms. The number of fused-ring (bicyclic) bond motifs is 6. The highest BCUT2D eigenvalue weighted by molar-refractivity contribution is 6.02. The van der Waals surface area contributed by atoms with Crippen LogP contribution in [0.3, 0.4) is 0 Å². The Morgan fingerprint density at radius 3 is 2.40 bits per heavy atom. The summed E-state index contributed by atoms with van der Waals surface area (Å²) in [7, 11) is 1.46. The van der Waals surface area contributed by atoms with Crippen LogP contribution < -0.4 is 4.74 Å². The largest absolute Gasteiger partial charge is 0.504 e. The van der Waals surface area contributed by atoms with E-state index in [1.54, 1.807) is 12.1 Å². The highest BCUT2D eigenvalue weighted by Crippen LogP contribution is 2.52.